The Bertz CT molecular complexity index is 712. The Kier molecular flexibility index (Phi) is 5.60. The highest BCUT2D eigenvalue weighted by Crippen LogP contribution is 2.24. The molecule has 0 radical (unpaired) electrons. The lowest BCUT2D eigenvalue weighted by atomic mass is 9.99. The summed E-state index contributed by atoms with van der Waals surface area (Å²) in [4.78, 5) is 14.3. The van der Waals surface area contributed by atoms with Crippen molar-refractivity contribution in [3.63, 3.8) is 0 Å². The first kappa shape index (κ1) is 17.4. The zero-order valence-corrected chi connectivity index (χ0v) is 14.7. The molecule has 1 saturated heterocycles. The first-order valence-electron chi connectivity index (χ1n) is 8.74. The van der Waals surface area contributed by atoms with Gasteiger partial charge >= 0.3 is 0 Å². The molecule has 6 nitrogen and oxygen atoms in total. The van der Waals surface area contributed by atoms with Gasteiger partial charge in [-0.1, -0.05) is 12.1 Å². The minimum atomic E-state index is -0.00494. The summed E-state index contributed by atoms with van der Waals surface area (Å²) in [6.45, 7) is 6.21. The largest absolute Gasteiger partial charge is 0.381 e. The zero-order chi connectivity index (χ0) is 17.6. The van der Waals surface area contributed by atoms with Crippen LogP contribution in [0.25, 0.3) is 0 Å². The molecule has 1 amide bonds. The Morgan fingerprint density at radius 3 is 2.68 bits per heavy atom. The molecule has 1 aliphatic heterocycles. The van der Waals surface area contributed by atoms with E-state index in [4.69, 9.17) is 4.74 Å². The Morgan fingerprint density at radius 1 is 1.24 bits per heavy atom. The molecule has 2 heterocycles. The molecular weight excluding hydrogens is 316 g/mol. The van der Waals surface area contributed by atoms with Gasteiger partial charge in [-0.2, -0.15) is 0 Å². The second-order valence-electron chi connectivity index (χ2n) is 6.24. The molecule has 1 N–H and O–H groups in total. The molecule has 0 spiro atoms. The molecule has 1 aliphatic rings. The summed E-state index contributed by atoms with van der Waals surface area (Å²) in [5.41, 5.74) is 2.28. The molecule has 0 aliphatic carbocycles. The van der Waals surface area contributed by atoms with Crippen LogP contribution < -0.4 is 10.2 Å². The van der Waals surface area contributed by atoms with Crippen molar-refractivity contribution in [1.82, 2.24) is 10.2 Å². The minimum Gasteiger partial charge on any atom is -0.381 e. The number of carbonyl (C=O) groups excluding carboxylic acids is 1. The van der Waals surface area contributed by atoms with Crippen molar-refractivity contribution < 1.29 is 9.53 Å². The molecule has 1 aromatic heterocycles. The number of benzene rings is 1. The molecule has 6 heteroatoms. The van der Waals surface area contributed by atoms with Gasteiger partial charge in [-0.05, 0) is 56.5 Å². The maximum atomic E-state index is 12.3. The van der Waals surface area contributed by atoms with Crippen LogP contribution in [0.1, 0.15) is 25.3 Å². The Morgan fingerprint density at radius 2 is 2.04 bits per heavy atom. The maximum Gasteiger partial charge on any atom is 0.228 e. The van der Waals surface area contributed by atoms with Crippen LogP contribution in [-0.4, -0.2) is 35.9 Å². The standard InChI is InChI=1S/C19H24N4O2/c1-3-23(16-6-4-5-14(2)13-16)18-8-7-17(21-22-18)20-19(24)15-9-11-25-12-10-15/h4-8,13,15H,3,9-12H2,1-2H3,(H,20,21,24). The van der Waals surface area contributed by atoms with Gasteiger partial charge in [-0.3, -0.25) is 4.79 Å². The molecule has 2 aromatic rings. The molecule has 132 valence electrons. The average molecular weight is 340 g/mol. The van der Waals surface area contributed by atoms with Crippen LogP contribution in [0.5, 0.6) is 0 Å². The fourth-order valence-electron chi connectivity index (χ4n) is 3.00. The Hall–Kier alpha value is -2.47. The van der Waals surface area contributed by atoms with Crippen LogP contribution in [0, 0.1) is 12.8 Å². The molecule has 0 atom stereocenters. The average Bonchev–Trinajstić information content (AvgIpc) is 2.64. The van der Waals surface area contributed by atoms with Crippen molar-refractivity contribution in [2.75, 3.05) is 30.0 Å². The second-order valence-corrected chi connectivity index (χ2v) is 6.24. The van der Waals surface area contributed by atoms with E-state index in [2.05, 4.69) is 52.5 Å². The van der Waals surface area contributed by atoms with E-state index in [0.717, 1.165) is 30.9 Å². The number of hydrogen-bond donors (Lipinski definition) is 1. The van der Waals surface area contributed by atoms with Crippen molar-refractivity contribution in [2.24, 2.45) is 5.92 Å². The van der Waals surface area contributed by atoms with E-state index >= 15 is 0 Å². The van der Waals surface area contributed by atoms with Gasteiger partial charge in [0.25, 0.3) is 0 Å². The molecule has 25 heavy (non-hydrogen) atoms. The number of hydrogen-bond acceptors (Lipinski definition) is 5. The van der Waals surface area contributed by atoms with E-state index in [1.807, 2.05) is 12.1 Å². The first-order valence-corrected chi connectivity index (χ1v) is 8.74. The number of anilines is 3. The third-order valence-electron chi connectivity index (χ3n) is 4.40. The summed E-state index contributed by atoms with van der Waals surface area (Å²) in [5, 5.41) is 11.3. The number of nitrogens with zero attached hydrogens (tertiary/aromatic N) is 3. The minimum absolute atomic E-state index is 0.00335. The van der Waals surface area contributed by atoms with Crippen molar-refractivity contribution in [3.8, 4) is 0 Å². The number of carbonyl (C=O) groups is 1. The predicted molar refractivity (Wildman–Crippen MR) is 98.1 cm³/mol. The van der Waals surface area contributed by atoms with Crippen molar-refractivity contribution in [3.05, 3.63) is 42.0 Å². The quantitative estimate of drug-likeness (QED) is 0.904. The zero-order valence-electron chi connectivity index (χ0n) is 14.7. The van der Waals surface area contributed by atoms with Crippen LogP contribution >= 0.6 is 0 Å². The van der Waals surface area contributed by atoms with E-state index in [0.29, 0.717) is 19.0 Å². The molecule has 0 bridgehead atoms. The predicted octanol–water partition coefficient (Wildman–Crippen LogP) is 3.31. The summed E-state index contributed by atoms with van der Waals surface area (Å²) in [6, 6.07) is 12.0. The van der Waals surface area contributed by atoms with Gasteiger partial charge in [0.15, 0.2) is 11.6 Å². The monoisotopic (exact) mass is 340 g/mol. The summed E-state index contributed by atoms with van der Waals surface area (Å²) < 4.78 is 5.29. The van der Waals surface area contributed by atoms with Crippen LogP contribution in [0.15, 0.2) is 36.4 Å². The lowest BCUT2D eigenvalue weighted by Crippen LogP contribution is -2.29. The van der Waals surface area contributed by atoms with Crippen LogP contribution in [0.4, 0.5) is 17.3 Å². The summed E-state index contributed by atoms with van der Waals surface area (Å²) in [5.74, 6) is 1.24. The summed E-state index contributed by atoms with van der Waals surface area (Å²) in [7, 11) is 0. The van der Waals surface area contributed by atoms with Crippen LogP contribution in [0.2, 0.25) is 0 Å². The highest BCUT2D eigenvalue weighted by Gasteiger charge is 2.22. The number of aromatic nitrogens is 2. The summed E-state index contributed by atoms with van der Waals surface area (Å²) in [6.07, 6.45) is 1.52. The van der Waals surface area contributed by atoms with Gasteiger partial charge in [0.1, 0.15) is 0 Å². The molecule has 1 fully saturated rings. The van der Waals surface area contributed by atoms with Crippen molar-refractivity contribution in [2.45, 2.75) is 26.7 Å². The van der Waals surface area contributed by atoms with Crippen LogP contribution in [0.3, 0.4) is 0 Å². The van der Waals surface area contributed by atoms with E-state index in [1.54, 1.807) is 6.07 Å². The van der Waals surface area contributed by atoms with Crippen molar-refractivity contribution in [1.29, 1.82) is 0 Å². The number of nitrogens with one attached hydrogen (secondary N) is 1. The summed E-state index contributed by atoms with van der Waals surface area (Å²) >= 11 is 0. The number of ether oxygens (including phenoxy) is 1. The Balaban J connectivity index is 1.69. The topological polar surface area (TPSA) is 67.4 Å². The maximum absolute atomic E-state index is 12.3. The lowest BCUT2D eigenvalue weighted by Gasteiger charge is -2.22. The van der Waals surface area contributed by atoms with Crippen molar-refractivity contribution >= 4 is 23.2 Å². The Labute approximate surface area is 148 Å². The second kappa shape index (κ2) is 8.07. The van der Waals surface area contributed by atoms with Gasteiger partial charge in [-0.25, -0.2) is 0 Å². The first-order chi connectivity index (χ1) is 12.2. The fraction of sp³-hybridized carbons (Fsp3) is 0.421. The van der Waals surface area contributed by atoms with E-state index < -0.39 is 0 Å². The normalized spacial score (nSPS) is 15.0. The van der Waals surface area contributed by atoms with Gasteiger partial charge < -0.3 is 15.0 Å². The number of aryl methyl sites for hydroxylation is 1. The van der Waals surface area contributed by atoms with E-state index in [9.17, 15) is 4.79 Å². The highest BCUT2D eigenvalue weighted by atomic mass is 16.5. The third kappa shape index (κ3) is 4.33. The van der Waals surface area contributed by atoms with E-state index in [-0.39, 0.29) is 11.8 Å². The number of rotatable bonds is 5. The molecule has 0 unspecified atom stereocenters. The smallest absolute Gasteiger partial charge is 0.228 e. The van der Waals surface area contributed by atoms with Crippen LogP contribution in [-0.2, 0) is 9.53 Å². The highest BCUT2D eigenvalue weighted by molar-refractivity contribution is 5.91. The number of amides is 1. The van der Waals surface area contributed by atoms with E-state index in [1.165, 1.54) is 5.56 Å². The molecule has 3 rings (SSSR count). The van der Waals surface area contributed by atoms with Gasteiger partial charge in [-0.15, -0.1) is 10.2 Å². The third-order valence-corrected chi connectivity index (χ3v) is 4.40. The molecule has 0 saturated carbocycles. The lowest BCUT2D eigenvalue weighted by molar-refractivity contribution is -0.122. The van der Waals surface area contributed by atoms with Gasteiger partial charge in [0, 0.05) is 31.4 Å². The fourth-order valence-corrected chi connectivity index (χ4v) is 3.00. The molecule has 1 aromatic carbocycles. The van der Waals surface area contributed by atoms with Gasteiger partial charge in [0.2, 0.25) is 5.91 Å². The van der Waals surface area contributed by atoms with Gasteiger partial charge in [0.05, 0.1) is 0 Å². The molecular formula is C19H24N4O2. The SMILES string of the molecule is CCN(c1cccc(C)c1)c1ccc(NC(=O)C2CCOCC2)nn1.